The Morgan fingerprint density at radius 1 is 0.533 bits per heavy atom. The van der Waals surface area contributed by atoms with Gasteiger partial charge in [-0.15, -0.1) is 0 Å². The van der Waals surface area contributed by atoms with E-state index in [4.69, 9.17) is 10.2 Å². The number of nitrogens with zero attached hydrogens (tertiary/aromatic N) is 4. The zero-order chi connectivity index (χ0) is 19.5. The summed E-state index contributed by atoms with van der Waals surface area (Å²) in [6.07, 6.45) is 16.3. The molecule has 2 aromatic heterocycles. The Hall–Kier alpha value is -2.10. The minimum absolute atomic E-state index is 0.104. The highest BCUT2D eigenvalue weighted by atomic mass is 15.3. The molecular weight excluding hydrogens is 368 g/mol. The number of fused-ring (bicyclic) bond motifs is 4. The van der Waals surface area contributed by atoms with E-state index in [1.807, 2.05) is 24.8 Å². The molecular formula is C26H28N4. The van der Waals surface area contributed by atoms with Crippen molar-refractivity contribution in [2.45, 2.75) is 49.6 Å². The first-order valence-corrected chi connectivity index (χ1v) is 12.1. The Balaban J connectivity index is 1.46. The second kappa shape index (κ2) is 5.38. The number of hydrogen-bond acceptors (Lipinski definition) is 4. The fourth-order valence-corrected chi connectivity index (χ4v) is 10.1. The van der Waals surface area contributed by atoms with Gasteiger partial charge in [0, 0.05) is 24.8 Å². The molecule has 2 aromatic rings. The third-order valence-electron chi connectivity index (χ3n) is 10.5. The van der Waals surface area contributed by atoms with Crippen molar-refractivity contribution in [2.75, 3.05) is 0 Å². The van der Waals surface area contributed by atoms with E-state index in [1.54, 1.807) is 0 Å². The largest absolute Gasteiger partial charge is 0.265 e. The highest BCUT2D eigenvalue weighted by Gasteiger charge is 2.79. The Labute approximate surface area is 177 Å². The zero-order valence-corrected chi connectivity index (χ0v) is 17.3. The Morgan fingerprint density at radius 2 is 0.867 bits per heavy atom. The van der Waals surface area contributed by atoms with Crippen LogP contribution in [0.25, 0.3) is 0 Å². The number of pyridine rings is 2. The standard InChI is InChI=1S/C26H28N4/c1-2-16-13-15(1)21-22(16)26(20-7-11-28-12-8-20)24-18-4-3-17(14-18)23(24)25(21,29-30-26)19-5-9-27-10-6-19/h5-12,15-18,21-24H,1-4,13-14H2/t15-,16+,17+,18-,21?,22?,23?,24?,25?,26?. The van der Waals surface area contributed by atoms with Crippen molar-refractivity contribution in [1.82, 2.24) is 9.97 Å². The molecule has 9 rings (SSSR count). The first-order valence-electron chi connectivity index (χ1n) is 12.1. The van der Waals surface area contributed by atoms with Gasteiger partial charge in [-0.1, -0.05) is 0 Å². The molecule has 7 aliphatic rings. The van der Waals surface area contributed by atoms with Gasteiger partial charge in [-0.2, -0.15) is 10.2 Å². The third kappa shape index (κ3) is 1.64. The van der Waals surface area contributed by atoms with Crippen LogP contribution >= 0.6 is 0 Å². The first kappa shape index (κ1) is 16.6. The van der Waals surface area contributed by atoms with Crippen molar-refractivity contribution < 1.29 is 0 Å². The topological polar surface area (TPSA) is 50.5 Å². The third-order valence-corrected chi connectivity index (χ3v) is 10.5. The molecule has 10 atom stereocenters. The van der Waals surface area contributed by atoms with Gasteiger partial charge >= 0.3 is 0 Å². The smallest absolute Gasteiger partial charge is 0.113 e. The van der Waals surface area contributed by atoms with Gasteiger partial charge in [0.25, 0.3) is 0 Å². The molecule has 0 amide bonds. The van der Waals surface area contributed by atoms with E-state index in [9.17, 15) is 0 Å². The van der Waals surface area contributed by atoms with Gasteiger partial charge in [0.1, 0.15) is 11.1 Å². The molecule has 0 N–H and O–H groups in total. The second-order valence-electron chi connectivity index (χ2n) is 11.1. The lowest BCUT2D eigenvalue weighted by Crippen LogP contribution is -2.67. The quantitative estimate of drug-likeness (QED) is 0.685. The van der Waals surface area contributed by atoms with Crippen LogP contribution in [0.15, 0.2) is 59.3 Å². The lowest BCUT2D eigenvalue weighted by molar-refractivity contribution is -0.141. The molecule has 6 bridgehead atoms. The SMILES string of the molecule is c1cc(C23N=NC(c4ccncc4)(C4C2[C@H]2CC[C@@H]4C2)C2C3[C@@H]3CC[C@H]2C3)ccn1. The van der Waals surface area contributed by atoms with Crippen LogP contribution in [-0.2, 0) is 11.1 Å². The number of aromatic nitrogens is 2. The fourth-order valence-electron chi connectivity index (χ4n) is 10.1. The molecule has 0 aromatic carbocycles. The molecule has 2 aliphatic heterocycles. The van der Waals surface area contributed by atoms with Crippen molar-refractivity contribution >= 4 is 0 Å². The van der Waals surface area contributed by atoms with E-state index in [-0.39, 0.29) is 11.1 Å². The minimum Gasteiger partial charge on any atom is -0.265 e. The molecule has 5 saturated carbocycles. The number of azo groups is 1. The fraction of sp³-hybridized carbons (Fsp3) is 0.615. The van der Waals surface area contributed by atoms with E-state index in [2.05, 4.69) is 34.2 Å². The van der Waals surface area contributed by atoms with Crippen LogP contribution in [0.1, 0.15) is 49.7 Å². The maximum atomic E-state index is 5.45. The average molecular weight is 397 g/mol. The molecule has 5 aliphatic carbocycles. The molecule has 5 fully saturated rings. The summed E-state index contributed by atoms with van der Waals surface area (Å²) in [5, 5.41) is 10.9. The maximum absolute atomic E-state index is 5.45. The second-order valence-corrected chi connectivity index (χ2v) is 11.1. The van der Waals surface area contributed by atoms with Crippen molar-refractivity contribution in [2.24, 2.45) is 57.6 Å². The predicted molar refractivity (Wildman–Crippen MR) is 112 cm³/mol. The molecule has 0 spiro atoms. The summed E-state index contributed by atoms with van der Waals surface area (Å²) in [5.74, 6) is 5.83. The van der Waals surface area contributed by atoms with Crippen LogP contribution in [-0.4, -0.2) is 9.97 Å². The summed E-state index contributed by atoms with van der Waals surface area (Å²) >= 11 is 0. The summed E-state index contributed by atoms with van der Waals surface area (Å²) < 4.78 is 0. The van der Waals surface area contributed by atoms with Crippen LogP contribution in [0.2, 0.25) is 0 Å². The van der Waals surface area contributed by atoms with Crippen LogP contribution in [0, 0.1) is 47.3 Å². The summed E-state index contributed by atoms with van der Waals surface area (Å²) in [4.78, 5) is 8.73. The maximum Gasteiger partial charge on any atom is 0.113 e. The van der Waals surface area contributed by atoms with Gasteiger partial charge in [0.2, 0.25) is 0 Å². The zero-order valence-electron chi connectivity index (χ0n) is 17.3. The normalized spacial score (nSPS) is 51.3. The summed E-state index contributed by atoms with van der Waals surface area (Å²) in [5.41, 5.74) is 2.61. The molecule has 4 heterocycles. The Bertz CT molecular complexity index is 918. The van der Waals surface area contributed by atoms with E-state index in [1.165, 1.54) is 49.7 Å². The van der Waals surface area contributed by atoms with Crippen LogP contribution in [0.4, 0.5) is 0 Å². The highest BCUT2D eigenvalue weighted by Crippen LogP contribution is 2.80. The molecule has 30 heavy (non-hydrogen) atoms. The molecule has 6 unspecified atom stereocenters. The lowest BCUT2D eigenvalue weighted by Gasteiger charge is -2.66. The molecule has 0 saturated heterocycles. The summed E-state index contributed by atoms with van der Waals surface area (Å²) in [6.45, 7) is 0. The van der Waals surface area contributed by atoms with Crippen molar-refractivity contribution in [3.05, 3.63) is 60.2 Å². The van der Waals surface area contributed by atoms with E-state index in [0.717, 1.165) is 23.7 Å². The molecule has 4 nitrogen and oxygen atoms in total. The van der Waals surface area contributed by atoms with Crippen LogP contribution in [0.3, 0.4) is 0 Å². The summed E-state index contributed by atoms with van der Waals surface area (Å²) in [6, 6.07) is 9.09. The van der Waals surface area contributed by atoms with Crippen LogP contribution in [0.5, 0.6) is 0 Å². The van der Waals surface area contributed by atoms with Crippen molar-refractivity contribution in [3.63, 3.8) is 0 Å². The van der Waals surface area contributed by atoms with E-state index >= 15 is 0 Å². The van der Waals surface area contributed by atoms with Crippen molar-refractivity contribution in [3.8, 4) is 0 Å². The Morgan fingerprint density at radius 3 is 1.20 bits per heavy atom. The minimum atomic E-state index is -0.104. The van der Waals surface area contributed by atoms with E-state index in [0.29, 0.717) is 23.7 Å². The van der Waals surface area contributed by atoms with Gasteiger partial charge in [-0.25, -0.2) is 0 Å². The van der Waals surface area contributed by atoms with E-state index < -0.39 is 0 Å². The van der Waals surface area contributed by atoms with Gasteiger partial charge in [-0.3, -0.25) is 9.97 Å². The van der Waals surface area contributed by atoms with Gasteiger partial charge < -0.3 is 0 Å². The number of hydrogen-bond donors (Lipinski definition) is 0. The van der Waals surface area contributed by atoms with Gasteiger partial charge in [0.05, 0.1) is 0 Å². The molecule has 152 valence electrons. The predicted octanol–water partition coefficient (Wildman–Crippen LogP) is 5.37. The molecule has 4 heteroatoms. The lowest BCUT2D eigenvalue weighted by atomic mass is 9.42. The monoisotopic (exact) mass is 396 g/mol. The average Bonchev–Trinajstić information content (AvgIpc) is 3.62. The number of rotatable bonds is 2. The summed E-state index contributed by atoms with van der Waals surface area (Å²) in [7, 11) is 0. The van der Waals surface area contributed by atoms with Crippen molar-refractivity contribution in [1.29, 1.82) is 0 Å². The first-order chi connectivity index (χ1) is 14.8. The van der Waals surface area contributed by atoms with Gasteiger partial charge in [-0.05, 0) is 121 Å². The van der Waals surface area contributed by atoms with Crippen LogP contribution < -0.4 is 0 Å². The molecule has 0 radical (unpaired) electrons. The Kier molecular flexibility index (Phi) is 2.97. The highest BCUT2D eigenvalue weighted by molar-refractivity contribution is 5.41. The van der Waals surface area contributed by atoms with Gasteiger partial charge in [0.15, 0.2) is 0 Å².